The Labute approximate surface area is 129 Å². The van der Waals surface area contributed by atoms with Crippen molar-refractivity contribution in [2.75, 3.05) is 7.11 Å². The molecule has 1 N–H and O–H groups in total. The Hall–Kier alpha value is -3.22. The van der Waals surface area contributed by atoms with Crippen molar-refractivity contribution in [2.45, 2.75) is 0 Å². The van der Waals surface area contributed by atoms with Gasteiger partial charge in [0.15, 0.2) is 11.5 Å². The van der Waals surface area contributed by atoms with Crippen molar-refractivity contribution in [3.05, 3.63) is 58.8 Å². The summed E-state index contributed by atoms with van der Waals surface area (Å²) in [5.74, 6) is 0.637. The third-order valence-electron chi connectivity index (χ3n) is 3.59. The van der Waals surface area contributed by atoms with E-state index in [1.54, 1.807) is 19.2 Å². The second-order valence-corrected chi connectivity index (χ2v) is 5.02. The summed E-state index contributed by atoms with van der Waals surface area (Å²) in [6.45, 7) is 0. The Morgan fingerprint density at radius 2 is 2.09 bits per heavy atom. The number of benzene rings is 2. The van der Waals surface area contributed by atoms with Gasteiger partial charge in [-0.25, -0.2) is 14.2 Å². The van der Waals surface area contributed by atoms with Crippen LogP contribution < -0.4 is 10.4 Å². The number of methoxy groups -OCH3 is 1. The lowest BCUT2D eigenvalue weighted by molar-refractivity contribution is 0.415. The highest BCUT2D eigenvalue weighted by molar-refractivity contribution is 5.91. The lowest BCUT2D eigenvalue weighted by Crippen LogP contribution is -2.17. The Morgan fingerprint density at radius 1 is 1.22 bits per heavy atom. The predicted octanol–water partition coefficient (Wildman–Crippen LogP) is 2.39. The molecular weight excluding hydrogens is 299 g/mol. The number of aromatic nitrogens is 4. The van der Waals surface area contributed by atoms with Crippen molar-refractivity contribution in [1.29, 1.82) is 0 Å². The largest absolute Gasteiger partial charge is 0.497 e. The molecule has 0 amide bonds. The van der Waals surface area contributed by atoms with Crippen LogP contribution in [-0.4, -0.2) is 26.7 Å². The number of ether oxygens (including phenoxy) is 1. The number of halogens is 1. The van der Waals surface area contributed by atoms with Gasteiger partial charge in [-0.3, -0.25) is 0 Å². The van der Waals surface area contributed by atoms with Crippen LogP contribution in [0.2, 0.25) is 0 Å². The van der Waals surface area contributed by atoms with Gasteiger partial charge in [0.05, 0.1) is 12.6 Å². The van der Waals surface area contributed by atoms with E-state index in [-0.39, 0.29) is 0 Å². The average Bonchev–Trinajstić information content (AvgIpc) is 3.01. The highest BCUT2D eigenvalue weighted by atomic mass is 19.1. The van der Waals surface area contributed by atoms with E-state index in [9.17, 15) is 9.18 Å². The van der Waals surface area contributed by atoms with Crippen molar-refractivity contribution >= 4 is 16.6 Å². The Bertz CT molecular complexity index is 1100. The van der Waals surface area contributed by atoms with E-state index < -0.39 is 11.5 Å². The fourth-order valence-electron chi connectivity index (χ4n) is 2.50. The van der Waals surface area contributed by atoms with Gasteiger partial charge in [-0.15, -0.1) is 5.10 Å². The molecule has 0 saturated carbocycles. The molecule has 2 aromatic heterocycles. The number of nitrogens with zero attached hydrogens (tertiary/aromatic N) is 3. The first-order valence-corrected chi connectivity index (χ1v) is 6.88. The molecule has 6 nitrogen and oxygen atoms in total. The minimum atomic E-state index is -0.472. The molecule has 0 radical (unpaired) electrons. The van der Waals surface area contributed by atoms with Crippen molar-refractivity contribution in [3.8, 4) is 17.1 Å². The first-order valence-electron chi connectivity index (χ1n) is 6.88. The number of rotatable bonds is 2. The molecule has 2 heterocycles. The standard InChI is InChI=1S/C16H11FN4O2/c1-23-11-4-2-3-9(7-11)14-19-15-12-6-5-10(17)8-13(12)18-16(22)21(15)20-14/h2-8H,1H3,(H,18,22). The highest BCUT2D eigenvalue weighted by Gasteiger charge is 2.13. The molecule has 2 aromatic carbocycles. The third kappa shape index (κ3) is 2.13. The van der Waals surface area contributed by atoms with E-state index in [1.807, 2.05) is 18.2 Å². The molecule has 0 aliphatic rings. The molecule has 4 rings (SSSR count). The maximum absolute atomic E-state index is 13.3. The zero-order chi connectivity index (χ0) is 16.0. The quantitative estimate of drug-likeness (QED) is 0.617. The minimum Gasteiger partial charge on any atom is -0.497 e. The molecular formula is C16H11FN4O2. The van der Waals surface area contributed by atoms with Crippen LogP contribution in [0.25, 0.3) is 27.9 Å². The summed E-state index contributed by atoms with van der Waals surface area (Å²) in [6, 6.07) is 11.4. The van der Waals surface area contributed by atoms with E-state index in [4.69, 9.17) is 4.74 Å². The van der Waals surface area contributed by atoms with Gasteiger partial charge in [0.1, 0.15) is 11.6 Å². The SMILES string of the molecule is COc1cccc(-c2nc3c4ccc(F)cc4[nH]c(=O)n3n2)c1. The minimum absolute atomic E-state index is 0.376. The van der Waals surface area contributed by atoms with Crippen LogP contribution in [0.15, 0.2) is 47.3 Å². The van der Waals surface area contributed by atoms with Crippen LogP contribution in [0.5, 0.6) is 5.75 Å². The van der Waals surface area contributed by atoms with Crippen molar-refractivity contribution in [2.24, 2.45) is 0 Å². The molecule has 0 aliphatic carbocycles. The van der Waals surface area contributed by atoms with Crippen LogP contribution >= 0.6 is 0 Å². The van der Waals surface area contributed by atoms with Gasteiger partial charge in [0, 0.05) is 10.9 Å². The predicted molar refractivity (Wildman–Crippen MR) is 83.1 cm³/mol. The average molecular weight is 310 g/mol. The molecule has 0 bridgehead atoms. The van der Waals surface area contributed by atoms with E-state index in [0.29, 0.717) is 28.1 Å². The Morgan fingerprint density at radius 3 is 2.91 bits per heavy atom. The number of H-pyrrole nitrogens is 1. The maximum Gasteiger partial charge on any atom is 0.348 e. The van der Waals surface area contributed by atoms with Gasteiger partial charge in [-0.1, -0.05) is 12.1 Å². The first-order chi connectivity index (χ1) is 11.2. The zero-order valence-electron chi connectivity index (χ0n) is 12.1. The van der Waals surface area contributed by atoms with E-state index in [2.05, 4.69) is 15.1 Å². The smallest absolute Gasteiger partial charge is 0.348 e. The summed E-state index contributed by atoms with van der Waals surface area (Å²) in [6.07, 6.45) is 0. The second kappa shape index (κ2) is 4.91. The van der Waals surface area contributed by atoms with Gasteiger partial charge < -0.3 is 9.72 Å². The van der Waals surface area contributed by atoms with Gasteiger partial charge in [0.25, 0.3) is 0 Å². The number of aromatic amines is 1. The lowest BCUT2D eigenvalue weighted by atomic mass is 10.2. The number of hydrogen-bond donors (Lipinski definition) is 1. The summed E-state index contributed by atoms with van der Waals surface area (Å²) in [5, 5.41) is 4.86. The summed E-state index contributed by atoms with van der Waals surface area (Å²) in [7, 11) is 1.57. The van der Waals surface area contributed by atoms with Crippen LogP contribution in [0.1, 0.15) is 0 Å². The Kier molecular flexibility index (Phi) is 2.87. The first kappa shape index (κ1) is 13.4. The number of fused-ring (bicyclic) bond motifs is 3. The zero-order valence-corrected chi connectivity index (χ0v) is 12.1. The van der Waals surface area contributed by atoms with Crippen molar-refractivity contribution in [1.82, 2.24) is 19.6 Å². The van der Waals surface area contributed by atoms with Gasteiger partial charge in [0.2, 0.25) is 0 Å². The Balaban J connectivity index is 2.02. The van der Waals surface area contributed by atoms with E-state index in [0.717, 1.165) is 5.56 Å². The summed E-state index contributed by atoms with van der Waals surface area (Å²) in [4.78, 5) is 19.2. The summed E-state index contributed by atoms with van der Waals surface area (Å²) >= 11 is 0. The molecule has 0 saturated heterocycles. The molecule has 0 fully saturated rings. The van der Waals surface area contributed by atoms with Gasteiger partial charge in [-0.2, -0.15) is 4.52 Å². The monoisotopic (exact) mass is 310 g/mol. The van der Waals surface area contributed by atoms with Crippen LogP contribution in [0.4, 0.5) is 4.39 Å². The normalized spacial score (nSPS) is 11.2. The van der Waals surface area contributed by atoms with Crippen molar-refractivity contribution in [3.63, 3.8) is 0 Å². The van der Waals surface area contributed by atoms with E-state index >= 15 is 0 Å². The van der Waals surface area contributed by atoms with Crippen molar-refractivity contribution < 1.29 is 9.13 Å². The molecule has 114 valence electrons. The highest BCUT2D eigenvalue weighted by Crippen LogP contribution is 2.23. The topological polar surface area (TPSA) is 72.3 Å². The lowest BCUT2D eigenvalue weighted by Gasteiger charge is -2.00. The van der Waals surface area contributed by atoms with Crippen LogP contribution in [0, 0.1) is 5.82 Å². The van der Waals surface area contributed by atoms with Gasteiger partial charge in [-0.05, 0) is 30.3 Å². The van der Waals surface area contributed by atoms with Gasteiger partial charge >= 0.3 is 5.69 Å². The maximum atomic E-state index is 13.3. The molecule has 0 unspecified atom stereocenters. The van der Waals surface area contributed by atoms with E-state index in [1.165, 1.54) is 16.6 Å². The fourth-order valence-corrected chi connectivity index (χ4v) is 2.50. The summed E-state index contributed by atoms with van der Waals surface area (Å²) in [5.41, 5.74) is 1.01. The molecule has 23 heavy (non-hydrogen) atoms. The van der Waals surface area contributed by atoms with Crippen LogP contribution in [-0.2, 0) is 0 Å². The molecule has 0 spiro atoms. The summed E-state index contributed by atoms with van der Waals surface area (Å²) < 4.78 is 19.7. The third-order valence-corrected chi connectivity index (χ3v) is 3.59. The fraction of sp³-hybridized carbons (Fsp3) is 0.0625. The molecule has 0 atom stereocenters. The molecule has 0 aliphatic heterocycles. The number of hydrogen-bond acceptors (Lipinski definition) is 4. The number of nitrogens with one attached hydrogen (secondary N) is 1. The van der Waals surface area contributed by atoms with Crippen LogP contribution in [0.3, 0.4) is 0 Å². The molecule has 4 aromatic rings. The molecule has 7 heteroatoms. The second-order valence-electron chi connectivity index (χ2n) is 5.02.